The molecule has 1 saturated heterocycles. The number of nitrogens with zero attached hydrogens (tertiary/aromatic N) is 2. The smallest absolute Gasteiger partial charge is 0.240 e. The van der Waals surface area contributed by atoms with Gasteiger partial charge in [0, 0.05) is 18.1 Å². The van der Waals surface area contributed by atoms with Crippen molar-refractivity contribution >= 4 is 22.4 Å². The molecule has 2 rings (SSSR count). The van der Waals surface area contributed by atoms with E-state index in [0.29, 0.717) is 18.2 Å². The second-order valence-corrected chi connectivity index (χ2v) is 4.81. The fourth-order valence-corrected chi connectivity index (χ4v) is 2.37. The van der Waals surface area contributed by atoms with Crippen LogP contribution in [0.2, 0.25) is 0 Å². The number of amides is 1. The van der Waals surface area contributed by atoms with Gasteiger partial charge in [0.2, 0.25) is 5.91 Å². The predicted molar refractivity (Wildman–Crippen MR) is 62.4 cm³/mol. The van der Waals surface area contributed by atoms with E-state index in [-0.39, 0.29) is 12.0 Å². The van der Waals surface area contributed by atoms with Gasteiger partial charge in [-0.05, 0) is 19.4 Å². The number of anilines is 1. The molecule has 5 nitrogen and oxygen atoms in total. The fraction of sp³-hybridized carbons (Fsp3) is 0.600. The number of carbonyl (C=O) groups excluding carboxylic acids is 1. The third-order valence-electron chi connectivity index (χ3n) is 2.53. The number of hydrogen-bond donors (Lipinski definition) is 2. The number of rotatable bonds is 3. The highest BCUT2D eigenvalue weighted by atomic mass is 32.1. The van der Waals surface area contributed by atoms with Crippen LogP contribution in [0.5, 0.6) is 0 Å². The van der Waals surface area contributed by atoms with Gasteiger partial charge in [-0.3, -0.25) is 9.69 Å². The molecule has 2 heterocycles. The van der Waals surface area contributed by atoms with Gasteiger partial charge >= 0.3 is 0 Å². The molecule has 16 heavy (non-hydrogen) atoms. The van der Waals surface area contributed by atoms with Crippen LogP contribution in [0, 0.1) is 0 Å². The number of aromatic nitrogens is 1. The zero-order valence-corrected chi connectivity index (χ0v) is 9.74. The molecule has 0 radical (unpaired) electrons. The highest BCUT2D eigenvalue weighted by Crippen LogP contribution is 2.12. The van der Waals surface area contributed by atoms with Crippen molar-refractivity contribution in [2.75, 3.05) is 25.0 Å². The third kappa shape index (κ3) is 3.26. The molecule has 6 heteroatoms. The average molecular weight is 241 g/mol. The van der Waals surface area contributed by atoms with Gasteiger partial charge in [0.15, 0.2) is 5.13 Å². The monoisotopic (exact) mass is 241 g/mol. The Balaban J connectivity index is 1.78. The van der Waals surface area contributed by atoms with E-state index in [4.69, 9.17) is 0 Å². The number of β-amino-alcohol motifs (C(OH)–C–C–N with tert-alkyl or cyclic N) is 1. The molecule has 88 valence electrons. The third-order valence-corrected chi connectivity index (χ3v) is 3.22. The Labute approximate surface area is 98.1 Å². The molecule has 0 spiro atoms. The lowest BCUT2D eigenvalue weighted by Crippen LogP contribution is -2.42. The van der Waals surface area contributed by atoms with Crippen molar-refractivity contribution in [3.05, 3.63) is 11.6 Å². The predicted octanol–water partition coefficient (Wildman–Crippen LogP) is 0.538. The Morgan fingerprint density at radius 3 is 3.31 bits per heavy atom. The maximum absolute atomic E-state index is 11.6. The molecule has 1 aliphatic rings. The Kier molecular flexibility index (Phi) is 3.87. The number of aliphatic hydroxyl groups is 1. The number of aliphatic hydroxyl groups excluding tert-OH is 1. The Morgan fingerprint density at radius 2 is 2.62 bits per heavy atom. The second kappa shape index (κ2) is 5.38. The summed E-state index contributed by atoms with van der Waals surface area (Å²) in [5.41, 5.74) is 0. The fourth-order valence-electron chi connectivity index (χ4n) is 1.82. The van der Waals surface area contributed by atoms with Crippen LogP contribution < -0.4 is 5.32 Å². The van der Waals surface area contributed by atoms with E-state index in [2.05, 4.69) is 10.3 Å². The number of piperidine rings is 1. The molecule has 2 N–H and O–H groups in total. The van der Waals surface area contributed by atoms with Crippen molar-refractivity contribution in [2.45, 2.75) is 18.9 Å². The molecule has 0 aromatic carbocycles. The van der Waals surface area contributed by atoms with Crippen molar-refractivity contribution in [1.29, 1.82) is 0 Å². The van der Waals surface area contributed by atoms with Crippen molar-refractivity contribution in [1.82, 2.24) is 9.88 Å². The van der Waals surface area contributed by atoms with Crippen LogP contribution in [-0.4, -0.2) is 46.6 Å². The van der Waals surface area contributed by atoms with Gasteiger partial charge in [-0.25, -0.2) is 4.98 Å². The number of thiazole rings is 1. The van der Waals surface area contributed by atoms with E-state index in [1.165, 1.54) is 11.3 Å². The van der Waals surface area contributed by atoms with E-state index < -0.39 is 0 Å². The first kappa shape index (κ1) is 11.5. The van der Waals surface area contributed by atoms with Gasteiger partial charge in [-0.15, -0.1) is 11.3 Å². The highest BCUT2D eigenvalue weighted by Gasteiger charge is 2.19. The normalized spacial score (nSPS) is 21.9. The molecule has 1 aliphatic heterocycles. The molecule has 1 aromatic rings. The van der Waals surface area contributed by atoms with Crippen molar-refractivity contribution in [2.24, 2.45) is 0 Å². The minimum Gasteiger partial charge on any atom is -0.392 e. The zero-order chi connectivity index (χ0) is 11.4. The first-order chi connectivity index (χ1) is 7.74. The highest BCUT2D eigenvalue weighted by molar-refractivity contribution is 7.13. The maximum Gasteiger partial charge on any atom is 0.240 e. The van der Waals surface area contributed by atoms with Crippen LogP contribution in [-0.2, 0) is 4.79 Å². The molecule has 0 unspecified atom stereocenters. The molecule has 1 amide bonds. The lowest BCUT2D eigenvalue weighted by atomic mass is 10.1. The van der Waals surface area contributed by atoms with Gasteiger partial charge in [0.25, 0.3) is 0 Å². The molecule has 0 aliphatic carbocycles. The Hall–Kier alpha value is -0.980. The summed E-state index contributed by atoms with van der Waals surface area (Å²) < 4.78 is 0. The van der Waals surface area contributed by atoms with Crippen molar-refractivity contribution in [3.63, 3.8) is 0 Å². The van der Waals surface area contributed by atoms with Gasteiger partial charge < -0.3 is 10.4 Å². The van der Waals surface area contributed by atoms with Crippen LogP contribution in [0.25, 0.3) is 0 Å². The van der Waals surface area contributed by atoms with E-state index in [0.717, 1.165) is 19.4 Å². The molecule has 1 fully saturated rings. The average Bonchev–Trinajstić information content (AvgIpc) is 2.70. The summed E-state index contributed by atoms with van der Waals surface area (Å²) in [6.07, 6.45) is 3.16. The first-order valence-electron chi connectivity index (χ1n) is 5.34. The summed E-state index contributed by atoms with van der Waals surface area (Å²) in [6, 6.07) is 0. The number of hydrogen-bond acceptors (Lipinski definition) is 5. The SMILES string of the molecule is O=C(CN1CCC[C@@H](O)C1)Nc1nccs1. The molecule has 1 aromatic heterocycles. The van der Waals surface area contributed by atoms with Crippen LogP contribution in [0.15, 0.2) is 11.6 Å². The summed E-state index contributed by atoms with van der Waals surface area (Å²) in [5.74, 6) is -0.0657. The molecular formula is C10H15N3O2S. The van der Waals surface area contributed by atoms with E-state index in [1.54, 1.807) is 6.20 Å². The largest absolute Gasteiger partial charge is 0.392 e. The van der Waals surface area contributed by atoms with Crippen LogP contribution >= 0.6 is 11.3 Å². The Bertz CT molecular complexity index is 342. The van der Waals surface area contributed by atoms with Gasteiger partial charge in [0.05, 0.1) is 12.6 Å². The van der Waals surface area contributed by atoms with Crippen LogP contribution in [0.1, 0.15) is 12.8 Å². The topological polar surface area (TPSA) is 65.5 Å². The lowest BCUT2D eigenvalue weighted by Gasteiger charge is -2.29. The second-order valence-electron chi connectivity index (χ2n) is 3.92. The summed E-state index contributed by atoms with van der Waals surface area (Å²) in [4.78, 5) is 17.6. The van der Waals surface area contributed by atoms with Crippen LogP contribution in [0.3, 0.4) is 0 Å². The molecular weight excluding hydrogens is 226 g/mol. The van der Waals surface area contributed by atoms with Crippen molar-refractivity contribution in [3.8, 4) is 0 Å². The van der Waals surface area contributed by atoms with Gasteiger partial charge in [-0.2, -0.15) is 0 Å². The summed E-state index contributed by atoms with van der Waals surface area (Å²) >= 11 is 1.40. The van der Waals surface area contributed by atoms with Gasteiger partial charge in [-0.1, -0.05) is 0 Å². The number of carbonyl (C=O) groups is 1. The zero-order valence-electron chi connectivity index (χ0n) is 8.93. The van der Waals surface area contributed by atoms with Gasteiger partial charge in [0.1, 0.15) is 0 Å². The molecule has 0 bridgehead atoms. The lowest BCUT2D eigenvalue weighted by molar-refractivity contribution is -0.118. The first-order valence-corrected chi connectivity index (χ1v) is 6.22. The van der Waals surface area contributed by atoms with E-state index >= 15 is 0 Å². The Morgan fingerprint density at radius 1 is 1.75 bits per heavy atom. The summed E-state index contributed by atoms with van der Waals surface area (Å²) in [5, 5.41) is 14.6. The molecule has 1 atom stereocenters. The van der Waals surface area contributed by atoms with Crippen LogP contribution in [0.4, 0.5) is 5.13 Å². The quantitative estimate of drug-likeness (QED) is 0.810. The summed E-state index contributed by atoms with van der Waals surface area (Å²) in [6.45, 7) is 1.80. The standard InChI is InChI=1S/C10H15N3O2S/c14-8-2-1-4-13(6-8)7-9(15)12-10-11-3-5-16-10/h3,5,8,14H,1-2,4,6-7H2,(H,11,12,15)/t8-/m1/s1. The number of nitrogens with one attached hydrogen (secondary N) is 1. The minimum atomic E-state index is -0.290. The van der Waals surface area contributed by atoms with E-state index in [1.807, 2.05) is 10.3 Å². The molecule has 0 saturated carbocycles. The summed E-state index contributed by atoms with van der Waals surface area (Å²) in [7, 11) is 0. The van der Waals surface area contributed by atoms with Crippen molar-refractivity contribution < 1.29 is 9.90 Å². The minimum absolute atomic E-state index is 0.0657. The van der Waals surface area contributed by atoms with E-state index in [9.17, 15) is 9.90 Å². The number of likely N-dealkylation sites (tertiary alicyclic amines) is 1. The maximum atomic E-state index is 11.6.